The summed E-state index contributed by atoms with van der Waals surface area (Å²) in [6.45, 7) is 2.56. The van der Waals surface area contributed by atoms with Crippen LogP contribution in [0.4, 0.5) is 8.78 Å². The first-order chi connectivity index (χ1) is 9.47. The molecule has 0 bridgehead atoms. The van der Waals surface area contributed by atoms with Gasteiger partial charge in [0.05, 0.1) is 5.54 Å². The van der Waals surface area contributed by atoms with Crippen LogP contribution < -0.4 is 11.1 Å². The first kappa shape index (κ1) is 15.3. The average molecular weight is 300 g/mol. The Hall–Kier alpha value is -1.14. The van der Waals surface area contributed by atoms with Crippen LogP contribution in [0.2, 0.25) is 0 Å². The van der Waals surface area contributed by atoms with Crippen LogP contribution in [0.1, 0.15) is 26.2 Å². The van der Waals surface area contributed by atoms with Gasteiger partial charge in [0, 0.05) is 10.1 Å². The Labute approximate surface area is 121 Å². The number of nitrogens with two attached hydrogens (primary N) is 1. The fraction of sp³-hybridized carbons (Fsp3) is 0.500. The highest BCUT2D eigenvalue weighted by Crippen LogP contribution is 2.41. The SMILES string of the molecule is CCNC1(C(N)=O)CCC(Sc2cc(F)ccc2F)C1. The normalized spacial score (nSPS) is 25.9. The molecule has 0 aromatic heterocycles. The number of benzene rings is 1. The van der Waals surface area contributed by atoms with Gasteiger partial charge in [-0.3, -0.25) is 4.79 Å². The molecule has 0 heterocycles. The van der Waals surface area contributed by atoms with Crippen molar-refractivity contribution in [2.75, 3.05) is 6.54 Å². The van der Waals surface area contributed by atoms with Gasteiger partial charge in [0.15, 0.2) is 0 Å². The zero-order chi connectivity index (χ0) is 14.8. The Morgan fingerprint density at radius 2 is 2.30 bits per heavy atom. The van der Waals surface area contributed by atoms with Crippen LogP contribution in [-0.4, -0.2) is 23.2 Å². The molecule has 1 aliphatic carbocycles. The molecule has 0 saturated heterocycles. The quantitative estimate of drug-likeness (QED) is 0.878. The Balaban J connectivity index is 2.09. The third-order valence-electron chi connectivity index (χ3n) is 3.64. The molecule has 2 unspecified atom stereocenters. The van der Waals surface area contributed by atoms with Crippen LogP contribution in [0.15, 0.2) is 23.1 Å². The number of amides is 1. The number of halogens is 2. The predicted octanol–water partition coefficient (Wildman–Crippen LogP) is 2.44. The summed E-state index contributed by atoms with van der Waals surface area (Å²) in [4.78, 5) is 11.9. The van der Waals surface area contributed by atoms with Crippen LogP contribution in [-0.2, 0) is 4.79 Å². The fourth-order valence-corrected chi connectivity index (χ4v) is 3.98. The second-order valence-electron chi connectivity index (χ2n) is 5.03. The summed E-state index contributed by atoms with van der Waals surface area (Å²) in [7, 11) is 0. The number of carbonyl (C=O) groups excluding carboxylic acids is 1. The molecule has 2 rings (SSSR count). The van der Waals surface area contributed by atoms with E-state index in [0.717, 1.165) is 18.6 Å². The van der Waals surface area contributed by atoms with E-state index < -0.39 is 17.2 Å². The van der Waals surface area contributed by atoms with Gasteiger partial charge in [-0.15, -0.1) is 11.8 Å². The van der Waals surface area contributed by atoms with Crippen molar-refractivity contribution in [3.8, 4) is 0 Å². The lowest BCUT2D eigenvalue weighted by Gasteiger charge is -2.26. The van der Waals surface area contributed by atoms with Gasteiger partial charge < -0.3 is 11.1 Å². The minimum Gasteiger partial charge on any atom is -0.368 e. The van der Waals surface area contributed by atoms with Crippen molar-refractivity contribution in [2.45, 2.75) is 41.9 Å². The summed E-state index contributed by atoms with van der Waals surface area (Å²) in [6, 6.07) is 3.41. The number of primary amides is 1. The largest absolute Gasteiger partial charge is 0.368 e. The van der Waals surface area contributed by atoms with Gasteiger partial charge in [-0.2, -0.15) is 0 Å². The summed E-state index contributed by atoms with van der Waals surface area (Å²) in [5.74, 6) is -1.27. The van der Waals surface area contributed by atoms with E-state index in [4.69, 9.17) is 5.73 Å². The number of hydrogen-bond donors (Lipinski definition) is 2. The monoisotopic (exact) mass is 300 g/mol. The van der Waals surface area contributed by atoms with E-state index in [9.17, 15) is 13.6 Å². The van der Waals surface area contributed by atoms with E-state index >= 15 is 0 Å². The molecule has 3 nitrogen and oxygen atoms in total. The van der Waals surface area contributed by atoms with Crippen molar-refractivity contribution in [2.24, 2.45) is 5.73 Å². The topological polar surface area (TPSA) is 55.1 Å². The molecule has 1 saturated carbocycles. The maximum Gasteiger partial charge on any atom is 0.237 e. The number of carbonyl (C=O) groups is 1. The van der Waals surface area contributed by atoms with Gasteiger partial charge in [-0.1, -0.05) is 6.92 Å². The number of thioether (sulfide) groups is 1. The van der Waals surface area contributed by atoms with E-state index in [1.165, 1.54) is 17.8 Å². The van der Waals surface area contributed by atoms with Crippen LogP contribution in [0.3, 0.4) is 0 Å². The molecule has 20 heavy (non-hydrogen) atoms. The first-order valence-corrected chi connectivity index (χ1v) is 7.51. The molecule has 1 aromatic rings. The molecule has 1 aromatic carbocycles. The molecular weight excluding hydrogens is 282 g/mol. The Morgan fingerprint density at radius 1 is 1.55 bits per heavy atom. The van der Waals surface area contributed by atoms with Crippen LogP contribution >= 0.6 is 11.8 Å². The third-order valence-corrected chi connectivity index (χ3v) is 4.95. The second-order valence-corrected chi connectivity index (χ2v) is 6.38. The Kier molecular flexibility index (Phi) is 4.65. The lowest BCUT2D eigenvalue weighted by molar-refractivity contribution is -0.124. The Morgan fingerprint density at radius 3 is 2.95 bits per heavy atom. The molecule has 0 spiro atoms. The third kappa shape index (κ3) is 3.12. The summed E-state index contributed by atoms with van der Waals surface area (Å²) in [5.41, 5.74) is 4.77. The zero-order valence-electron chi connectivity index (χ0n) is 11.3. The molecule has 1 amide bonds. The highest BCUT2D eigenvalue weighted by molar-refractivity contribution is 8.00. The summed E-state index contributed by atoms with van der Waals surface area (Å²) in [5, 5.41) is 3.20. The minimum absolute atomic E-state index is 0.0536. The van der Waals surface area contributed by atoms with Crippen molar-refractivity contribution in [3.63, 3.8) is 0 Å². The molecule has 3 N–H and O–H groups in total. The van der Waals surface area contributed by atoms with Crippen molar-refractivity contribution in [1.82, 2.24) is 5.32 Å². The molecule has 0 radical (unpaired) electrons. The molecule has 6 heteroatoms. The van der Waals surface area contributed by atoms with Gasteiger partial charge in [-0.05, 0) is 44.0 Å². The molecular formula is C14H18F2N2OS. The summed E-state index contributed by atoms with van der Waals surface area (Å²) in [6.07, 6.45) is 1.91. The lowest BCUT2D eigenvalue weighted by atomic mass is 9.97. The zero-order valence-corrected chi connectivity index (χ0v) is 12.1. The smallest absolute Gasteiger partial charge is 0.237 e. The number of rotatable bonds is 5. The van der Waals surface area contributed by atoms with Crippen molar-refractivity contribution < 1.29 is 13.6 Å². The average Bonchev–Trinajstić information content (AvgIpc) is 2.79. The molecule has 110 valence electrons. The maximum absolute atomic E-state index is 13.6. The van der Waals surface area contributed by atoms with E-state index in [2.05, 4.69) is 5.32 Å². The van der Waals surface area contributed by atoms with E-state index in [1.54, 1.807) is 0 Å². The second kappa shape index (κ2) is 6.10. The van der Waals surface area contributed by atoms with Crippen LogP contribution in [0, 0.1) is 11.6 Å². The van der Waals surface area contributed by atoms with Gasteiger partial charge >= 0.3 is 0 Å². The number of likely N-dealkylation sites (N-methyl/N-ethyl adjacent to an activating group) is 1. The van der Waals surface area contributed by atoms with Gasteiger partial charge in [0.25, 0.3) is 0 Å². The molecule has 1 aliphatic rings. The van der Waals surface area contributed by atoms with E-state index in [0.29, 0.717) is 19.4 Å². The van der Waals surface area contributed by atoms with E-state index in [-0.39, 0.29) is 16.1 Å². The van der Waals surface area contributed by atoms with Gasteiger partial charge in [0.1, 0.15) is 11.6 Å². The number of nitrogens with one attached hydrogen (secondary N) is 1. The fourth-order valence-electron chi connectivity index (χ4n) is 2.66. The van der Waals surface area contributed by atoms with Crippen molar-refractivity contribution in [1.29, 1.82) is 0 Å². The first-order valence-electron chi connectivity index (χ1n) is 6.63. The van der Waals surface area contributed by atoms with Crippen LogP contribution in [0.25, 0.3) is 0 Å². The van der Waals surface area contributed by atoms with Crippen molar-refractivity contribution >= 4 is 17.7 Å². The highest BCUT2D eigenvalue weighted by atomic mass is 32.2. The van der Waals surface area contributed by atoms with E-state index in [1.807, 2.05) is 6.92 Å². The highest BCUT2D eigenvalue weighted by Gasteiger charge is 2.43. The maximum atomic E-state index is 13.6. The molecule has 2 atom stereocenters. The number of hydrogen-bond acceptors (Lipinski definition) is 3. The summed E-state index contributed by atoms with van der Waals surface area (Å²) >= 11 is 1.27. The van der Waals surface area contributed by atoms with Crippen molar-refractivity contribution in [3.05, 3.63) is 29.8 Å². The standard InChI is InChI=1S/C14H18F2N2OS/c1-2-18-14(13(17)19)6-5-10(8-14)20-12-7-9(15)3-4-11(12)16/h3-4,7,10,18H,2,5-6,8H2,1H3,(H2,17,19). The Bertz CT molecular complexity index is 512. The molecule has 0 aliphatic heterocycles. The van der Waals surface area contributed by atoms with Gasteiger partial charge in [0.2, 0.25) is 5.91 Å². The van der Waals surface area contributed by atoms with Gasteiger partial charge in [-0.25, -0.2) is 8.78 Å². The molecule has 1 fully saturated rings. The predicted molar refractivity (Wildman–Crippen MR) is 75.5 cm³/mol. The minimum atomic E-state index is -0.712. The van der Waals surface area contributed by atoms with Crippen LogP contribution in [0.5, 0.6) is 0 Å². The lowest BCUT2D eigenvalue weighted by Crippen LogP contribution is -2.53. The summed E-state index contributed by atoms with van der Waals surface area (Å²) < 4.78 is 26.8.